The summed E-state index contributed by atoms with van der Waals surface area (Å²) in [4.78, 5) is 21.1. The van der Waals surface area contributed by atoms with Gasteiger partial charge >= 0.3 is 0 Å². The van der Waals surface area contributed by atoms with Crippen LogP contribution < -0.4 is 5.56 Å². The minimum Gasteiger partial charge on any atom is -0.379 e. The van der Waals surface area contributed by atoms with E-state index < -0.39 is 0 Å². The number of H-pyrrole nitrogens is 1. The first-order chi connectivity index (χ1) is 19.1. The fourth-order valence-electron chi connectivity index (χ4n) is 5.39. The second-order valence-electron chi connectivity index (χ2n) is 10.2. The van der Waals surface area contributed by atoms with E-state index >= 15 is 0 Å². The lowest BCUT2D eigenvalue weighted by molar-refractivity contribution is 0.0291. The predicted octanol–water partition coefficient (Wildman–Crippen LogP) is 3.61. The van der Waals surface area contributed by atoms with E-state index in [2.05, 4.69) is 86.6 Å². The standard InChI is InChI=1S/C30H39N7O2/c1-3-23-10-11-27-25(20-23)21-26(30(38)31-27)22-36(15-14-35-16-18-39-19-17-35)28(4-2)29-32-33-34-37(29)13-12-24-8-6-5-7-9-24/h5-11,20-21,28H,3-4,12-19,22H2,1-2H3,(H,31,38)/t28-/m0/s1. The van der Waals surface area contributed by atoms with Crippen LogP contribution in [0.3, 0.4) is 0 Å². The van der Waals surface area contributed by atoms with Gasteiger partial charge in [0.2, 0.25) is 0 Å². The van der Waals surface area contributed by atoms with Gasteiger partial charge in [-0.2, -0.15) is 0 Å². The Kier molecular flexibility index (Phi) is 9.13. The molecule has 1 aliphatic rings. The number of ether oxygens (including phenoxy) is 1. The zero-order valence-corrected chi connectivity index (χ0v) is 23.1. The van der Waals surface area contributed by atoms with Crippen LogP contribution in [0.1, 0.15) is 48.8 Å². The number of fused-ring (bicyclic) bond motifs is 1. The Morgan fingerprint density at radius 2 is 1.85 bits per heavy atom. The molecule has 0 radical (unpaired) electrons. The molecule has 1 fully saturated rings. The third-order valence-corrected chi connectivity index (χ3v) is 7.71. The maximum absolute atomic E-state index is 13.2. The van der Waals surface area contributed by atoms with Gasteiger partial charge in [-0.15, -0.1) is 5.10 Å². The van der Waals surface area contributed by atoms with Gasteiger partial charge in [0.25, 0.3) is 5.56 Å². The first kappa shape index (κ1) is 27.2. The molecule has 0 saturated carbocycles. The molecule has 0 aliphatic carbocycles. The Labute approximate surface area is 229 Å². The van der Waals surface area contributed by atoms with Crippen LogP contribution in [0.2, 0.25) is 0 Å². The molecule has 5 rings (SSSR count). The van der Waals surface area contributed by atoms with E-state index in [1.54, 1.807) is 0 Å². The third-order valence-electron chi connectivity index (χ3n) is 7.71. The maximum atomic E-state index is 13.2. The van der Waals surface area contributed by atoms with Gasteiger partial charge < -0.3 is 9.72 Å². The summed E-state index contributed by atoms with van der Waals surface area (Å²) in [5.41, 5.74) is 4.11. The fraction of sp³-hybridized carbons (Fsp3) is 0.467. The molecule has 1 N–H and O–H groups in total. The summed E-state index contributed by atoms with van der Waals surface area (Å²) in [7, 11) is 0. The van der Waals surface area contributed by atoms with Crippen LogP contribution >= 0.6 is 0 Å². The molecule has 0 bridgehead atoms. The van der Waals surface area contributed by atoms with Crippen molar-refractivity contribution in [1.82, 2.24) is 35.0 Å². The van der Waals surface area contributed by atoms with Gasteiger partial charge in [-0.25, -0.2) is 4.68 Å². The SMILES string of the molecule is CCc1ccc2[nH]c(=O)c(CN(CCN3CCOCC3)[C@@H](CC)c3nnnn3CCc3ccccc3)cc2c1. The second-order valence-corrected chi connectivity index (χ2v) is 10.2. The van der Waals surface area contributed by atoms with Crippen LogP contribution in [0.25, 0.3) is 10.9 Å². The topological polar surface area (TPSA) is 92.2 Å². The van der Waals surface area contributed by atoms with Gasteiger partial charge in [-0.1, -0.05) is 50.2 Å². The van der Waals surface area contributed by atoms with Crippen molar-refractivity contribution in [2.45, 2.75) is 52.2 Å². The highest BCUT2D eigenvalue weighted by atomic mass is 16.5. The molecular weight excluding hydrogens is 490 g/mol. The summed E-state index contributed by atoms with van der Waals surface area (Å²) in [6, 6.07) is 18.7. The average Bonchev–Trinajstić information content (AvgIpc) is 3.44. The van der Waals surface area contributed by atoms with E-state index in [0.717, 1.165) is 80.9 Å². The van der Waals surface area contributed by atoms with Gasteiger partial charge in [0.1, 0.15) is 0 Å². The van der Waals surface area contributed by atoms with Gasteiger partial charge in [0, 0.05) is 50.3 Å². The summed E-state index contributed by atoms with van der Waals surface area (Å²) in [6.45, 7) is 10.6. The second kappa shape index (κ2) is 13.1. The largest absolute Gasteiger partial charge is 0.379 e. The van der Waals surface area contributed by atoms with Crippen LogP contribution in [0, 0.1) is 0 Å². The number of aryl methyl sites for hydroxylation is 3. The molecule has 9 nitrogen and oxygen atoms in total. The van der Waals surface area contributed by atoms with Gasteiger partial charge in [0.15, 0.2) is 5.82 Å². The quantitative estimate of drug-likeness (QED) is 0.300. The van der Waals surface area contributed by atoms with Gasteiger partial charge in [-0.3, -0.25) is 14.6 Å². The number of rotatable bonds is 12. The van der Waals surface area contributed by atoms with Crippen LogP contribution in [0.5, 0.6) is 0 Å². The normalized spacial score (nSPS) is 15.3. The molecule has 2 aromatic carbocycles. The Morgan fingerprint density at radius 1 is 1.03 bits per heavy atom. The summed E-state index contributed by atoms with van der Waals surface area (Å²) in [5.74, 6) is 0.848. The molecule has 39 heavy (non-hydrogen) atoms. The van der Waals surface area contributed by atoms with Crippen molar-refractivity contribution in [3.63, 3.8) is 0 Å². The monoisotopic (exact) mass is 529 g/mol. The van der Waals surface area contributed by atoms with Crippen molar-refractivity contribution in [3.05, 3.63) is 87.5 Å². The van der Waals surface area contributed by atoms with E-state index in [1.165, 1.54) is 11.1 Å². The summed E-state index contributed by atoms with van der Waals surface area (Å²) in [5, 5.41) is 14.0. The Hall–Kier alpha value is -3.40. The summed E-state index contributed by atoms with van der Waals surface area (Å²) in [6.07, 6.45) is 2.65. The average molecular weight is 530 g/mol. The van der Waals surface area contributed by atoms with E-state index in [-0.39, 0.29) is 11.6 Å². The first-order valence-electron chi connectivity index (χ1n) is 14.1. The number of aromatic amines is 1. The minimum absolute atomic E-state index is 0.0195. The number of pyridine rings is 1. The number of hydrogen-bond acceptors (Lipinski definition) is 7. The molecule has 1 atom stereocenters. The number of hydrogen-bond donors (Lipinski definition) is 1. The number of aromatic nitrogens is 5. The Bertz CT molecular complexity index is 1400. The number of nitrogens with one attached hydrogen (secondary N) is 1. The molecule has 1 aliphatic heterocycles. The molecule has 1 saturated heterocycles. The van der Waals surface area contributed by atoms with Crippen LogP contribution in [0.15, 0.2) is 59.4 Å². The Balaban J connectivity index is 1.42. The van der Waals surface area contributed by atoms with Crippen LogP contribution in [-0.2, 0) is 30.7 Å². The van der Waals surface area contributed by atoms with Crippen LogP contribution in [-0.4, -0.2) is 74.4 Å². The predicted molar refractivity (Wildman–Crippen MR) is 153 cm³/mol. The first-order valence-corrected chi connectivity index (χ1v) is 14.1. The number of benzene rings is 2. The van der Waals surface area contributed by atoms with E-state index in [9.17, 15) is 4.79 Å². The zero-order chi connectivity index (χ0) is 27.0. The maximum Gasteiger partial charge on any atom is 0.252 e. The molecule has 3 heterocycles. The molecular formula is C30H39N7O2. The number of morpholine rings is 1. The van der Waals surface area contributed by atoms with Crippen molar-refractivity contribution in [1.29, 1.82) is 0 Å². The van der Waals surface area contributed by atoms with Gasteiger partial charge in [-0.05, 0) is 64.4 Å². The Morgan fingerprint density at radius 3 is 2.62 bits per heavy atom. The van der Waals surface area contributed by atoms with E-state index in [4.69, 9.17) is 4.74 Å². The lowest BCUT2D eigenvalue weighted by Crippen LogP contribution is -2.43. The van der Waals surface area contributed by atoms with E-state index in [1.807, 2.05) is 16.8 Å². The van der Waals surface area contributed by atoms with Crippen LogP contribution in [0.4, 0.5) is 0 Å². The lowest BCUT2D eigenvalue weighted by Gasteiger charge is -2.33. The minimum atomic E-state index is -0.0401. The highest BCUT2D eigenvalue weighted by molar-refractivity contribution is 5.79. The smallest absolute Gasteiger partial charge is 0.252 e. The van der Waals surface area contributed by atoms with Crippen molar-refractivity contribution >= 4 is 10.9 Å². The molecule has 2 aromatic heterocycles. The molecule has 206 valence electrons. The van der Waals surface area contributed by atoms with E-state index in [0.29, 0.717) is 13.1 Å². The van der Waals surface area contributed by atoms with Crippen molar-refractivity contribution in [3.8, 4) is 0 Å². The third kappa shape index (κ3) is 6.79. The molecule has 9 heteroatoms. The summed E-state index contributed by atoms with van der Waals surface area (Å²) >= 11 is 0. The van der Waals surface area contributed by atoms with Crippen molar-refractivity contribution in [2.75, 3.05) is 39.4 Å². The summed E-state index contributed by atoms with van der Waals surface area (Å²) < 4.78 is 7.49. The molecule has 4 aromatic rings. The molecule has 0 unspecified atom stereocenters. The number of nitrogens with zero attached hydrogens (tertiary/aromatic N) is 6. The van der Waals surface area contributed by atoms with Crippen molar-refractivity contribution < 1.29 is 4.74 Å². The zero-order valence-electron chi connectivity index (χ0n) is 23.1. The lowest BCUT2D eigenvalue weighted by atomic mass is 10.1. The fourth-order valence-corrected chi connectivity index (χ4v) is 5.39. The highest BCUT2D eigenvalue weighted by Gasteiger charge is 2.26. The molecule has 0 spiro atoms. The number of tetrazole rings is 1. The van der Waals surface area contributed by atoms with Gasteiger partial charge in [0.05, 0.1) is 19.3 Å². The highest BCUT2D eigenvalue weighted by Crippen LogP contribution is 2.25. The van der Waals surface area contributed by atoms with Crippen molar-refractivity contribution in [2.24, 2.45) is 0 Å². The molecule has 0 amide bonds.